The molecule has 0 atom stereocenters. The van der Waals surface area contributed by atoms with E-state index in [9.17, 15) is 19.5 Å². The number of fused-ring (bicyclic) bond motifs is 1. The molecule has 0 spiro atoms. The van der Waals surface area contributed by atoms with Crippen LogP contribution in [0.2, 0.25) is 0 Å². The zero-order valence-electron chi connectivity index (χ0n) is 19.2. The number of hydrogen-bond donors (Lipinski definition) is 1. The van der Waals surface area contributed by atoms with Crippen molar-refractivity contribution in [1.29, 1.82) is 0 Å². The van der Waals surface area contributed by atoms with Crippen molar-refractivity contribution in [3.05, 3.63) is 40.3 Å². The first kappa shape index (κ1) is 24.5. The number of amides is 2. The molecule has 35 heavy (non-hydrogen) atoms. The summed E-state index contributed by atoms with van der Waals surface area (Å²) in [5.41, 5.74) is 1.64. The van der Waals surface area contributed by atoms with Gasteiger partial charge in [-0.2, -0.15) is 0 Å². The first-order valence-corrected chi connectivity index (χ1v) is 12.3. The van der Waals surface area contributed by atoms with Gasteiger partial charge in [0.2, 0.25) is 17.5 Å². The maximum Gasteiger partial charge on any atom is 0.341 e. The van der Waals surface area contributed by atoms with Crippen LogP contribution in [0, 0.1) is 0 Å². The van der Waals surface area contributed by atoms with Crippen molar-refractivity contribution in [2.45, 2.75) is 24.9 Å². The van der Waals surface area contributed by atoms with E-state index in [0.29, 0.717) is 41.5 Å². The van der Waals surface area contributed by atoms with Crippen LogP contribution in [0.4, 0.5) is 5.00 Å². The summed E-state index contributed by atoms with van der Waals surface area (Å²) < 4.78 is 16.2. The second-order valence-corrected chi connectivity index (χ2v) is 9.57. The van der Waals surface area contributed by atoms with Crippen molar-refractivity contribution < 1.29 is 38.2 Å². The lowest BCUT2D eigenvalue weighted by molar-refractivity contribution is -0.705. The Kier molecular flexibility index (Phi) is 7.26. The lowest BCUT2D eigenvalue weighted by Crippen LogP contribution is -2.35. The third-order valence-electron chi connectivity index (χ3n) is 5.37. The largest absolute Gasteiger partial charge is 0.538 e. The zero-order chi connectivity index (χ0) is 25.1. The van der Waals surface area contributed by atoms with Crippen molar-refractivity contribution in [3.8, 4) is 17.4 Å². The number of carbonyl (C=O) groups is 3. The second-order valence-electron chi connectivity index (χ2n) is 7.50. The van der Waals surface area contributed by atoms with Crippen LogP contribution in [0.15, 0.2) is 33.8 Å². The fourth-order valence-corrected chi connectivity index (χ4v) is 5.65. The summed E-state index contributed by atoms with van der Waals surface area (Å²) in [4.78, 5) is 39.5. The van der Waals surface area contributed by atoms with Gasteiger partial charge in [-0.25, -0.2) is 4.79 Å². The third kappa shape index (κ3) is 5.10. The van der Waals surface area contributed by atoms with Crippen molar-refractivity contribution in [3.63, 3.8) is 0 Å². The van der Waals surface area contributed by atoms with E-state index in [1.54, 1.807) is 36.3 Å². The van der Waals surface area contributed by atoms with Gasteiger partial charge in [-0.05, 0) is 40.6 Å². The van der Waals surface area contributed by atoms with Crippen LogP contribution in [0.3, 0.4) is 0 Å². The number of thioether (sulfide) groups is 1. The number of methoxy groups -OCH3 is 2. The van der Waals surface area contributed by atoms with Crippen molar-refractivity contribution in [1.82, 2.24) is 10.2 Å². The van der Waals surface area contributed by atoms with Crippen LogP contribution < -0.4 is 19.8 Å². The van der Waals surface area contributed by atoms with E-state index in [0.717, 1.165) is 22.2 Å². The van der Waals surface area contributed by atoms with Gasteiger partial charge in [-0.1, -0.05) is 0 Å². The fraction of sp³-hybridized carbons (Fsp3) is 0.318. The number of aromatic nitrogens is 2. The number of thiophene rings is 1. The molecule has 11 nitrogen and oxygen atoms in total. The molecule has 0 unspecified atom stereocenters. The van der Waals surface area contributed by atoms with Gasteiger partial charge in [0.25, 0.3) is 5.03 Å². The maximum absolute atomic E-state index is 12.8. The van der Waals surface area contributed by atoms with E-state index in [1.165, 1.54) is 30.1 Å². The summed E-state index contributed by atoms with van der Waals surface area (Å²) in [6, 6.07) is 6.83. The Morgan fingerprint density at radius 3 is 2.69 bits per heavy atom. The Labute approximate surface area is 208 Å². The number of anilines is 1. The Morgan fingerprint density at radius 1 is 1.29 bits per heavy atom. The molecule has 1 aliphatic heterocycles. The number of esters is 1. The summed E-state index contributed by atoms with van der Waals surface area (Å²) >= 11 is 2.20. The minimum atomic E-state index is -0.676. The molecular weight excluding hydrogens is 496 g/mol. The monoisotopic (exact) mass is 518 g/mol. The number of benzene rings is 1. The molecule has 3 heterocycles. The summed E-state index contributed by atoms with van der Waals surface area (Å²) in [5.74, 6) is -1.21. The van der Waals surface area contributed by atoms with Crippen LogP contribution in [0.5, 0.6) is 11.7 Å². The second kappa shape index (κ2) is 10.4. The van der Waals surface area contributed by atoms with Gasteiger partial charge in [-0.3, -0.25) is 9.59 Å². The molecule has 0 aliphatic carbocycles. The van der Waals surface area contributed by atoms with E-state index in [1.807, 2.05) is 0 Å². The van der Waals surface area contributed by atoms with Gasteiger partial charge in [0.1, 0.15) is 10.8 Å². The predicted molar refractivity (Wildman–Crippen MR) is 124 cm³/mol. The average Bonchev–Trinajstić information content (AvgIpc) is 3.41. The van der Waals surface area contributed by atoms with Crippen LogP contribution in [0.25, 0.3) is 5.69 Å². The number of nitrogens with zero attached hydrogens (tertiary/aromatic N) is 3. The smallest absolute Gasteiger partial charge is 0.341 e. The van der Waals surface area contributed by atoms with Crippen LogP contribution >= 0.6 is 23.1 Å². The molecule has 3 aromatic rings. The summed E-state index contributed by atoms with van der Waals surface area (Å²) in [6.07, 6.45) is 0.489. The van der Waals surface area contributed by atoms with Gasteiger partial charge in [0, 0.05) is 30.5 Å². The Hall–Kier alpha value is -3.58. The highest BCUT2D eigenvalue weighted by molar-refractivity contribution is 7.99. The molecule has 4 rings (SSSR count). The summed E-state index contributed by atoms with van der Waals surface area (Å²) in [7, 11) is 2.82. The normalized spacial score (nSPS) is 12.7. The van der Waals surface area contributed by atoms with Gasteiger partial charge in [0.05, 0.1) is 37.4 Å². The third-order valence-corrected chi connectivity index (χ3v) is 7.53. The lowest BCUT2D eigenvalue weighted by atomic mass is 10.0. The highest BCUT2D eigenvalue weighted by Crippen LogP contribution is 2.38. The molecule has 2 amide bonds. The molecule has 0 saturated carbocycles. The molecule has 2 aromatic heterocycles. The van der Waals surface area contributed by atoms with Gasteiger partial charge < -0.3 is 29.3 Å². The van der Waals surface area contributed by atoms with E-state index in [4.69, 9.17) is 14.0 Å². The molecule has 1 aliphatic rings. The number of nitrogens with one attached hydrogen (secondary N) is 1. The SMILES string of the molecule is COC(=O)c1c(NC(=O)CSc2c([O-])on[n+]2-c2ccc(OC)cc2)sc2c1CCN(C(C)=O)C2. The number of hydrogen-bond acceptors (Lipinski definition) is 10. The molecule has 0 bridgehead atoms. The zero-order valence-corrected chi connectivity index (χ0v) is 20.8. The van der Waals surface area contributed by atoms with Crippen molar-refractivity contribution in [2.75, 3.05) is 31.8 Å². The predicted octanol–water partition coefficient (Wildman–Crippen LogP) is 1.52. The quantitative estimate of drug-likeness (QED) is 0.280. The van der Waals surface area contributed by atoms with E-state index < -0.39 is 17.8 Å². The summed E-state index contributed by atoms with van der Waals surface area (Å²) in [5, 5.41) is 19.2. The van der Waals surface area contributed by atoms with Crippen LogP contribution in [-0.4, -0.2) is 54.5 Å². The highest BCUT2D eigenvalue weighted by Gasteiger charge is 2.30. The van der Waals surface area contributed by atoms with E-state index in [2.05, 4.69) is 10.6 Å². The molecule has 1 aromatic carbocycles. The number of ether oxygens (including phenoxy) is 2. The standard InChI is InChI=1S/C22H22N4O7S2/c1-12(27)25-9-8-15-16(10-25)35-19(18(15)21(29)32-3)23-17(28)11-34-20-22(30)33-24-26(20)13-4-6-14(31-2)7-5-13/h4-7H,8-11H2,1-3H3,(H-,23,24,28,29,30). The van der Waals surface area contributed by atoms with Crippen molar-refractivity contribution in [2.24, 2.45) is 0 Å². The lowest BCUT2D eigenvalue weighted by Gasteiger charge is -2.25. The van der Waals surface area contributed by atoms with Gasteiger partial charge in [0.15, 0.2) is 5.95 Å². The van der Waals surface area contributed by atoms with Crippen molar-refractivity contribution >= 4 is 45.9 Å². The van der Waals surface area contributed by atoms with Crippen LogP contribution in [-0.2, 0) is 27.3 Å². The van der Waals surface area contributed by atoms with E-state index >= 15 is 0 Å². The Balaban J connectivity index is 1.50. The van der Waals surface area contributed by atoms with Gasteiger partial charge >= 0.3 is 5.97 Å². The summed E-state index contributed by atoms with van der Waals surface area (Å²) in [6.45, 7) is 2.34. The molecule has 0 fully saturated rings. The fourth-order valence-electron chi connectivity index (χ4n) is 3.62. The van der Waals surface area contributed by atoms with Crippen LogP contribution in [0.1, 0.15) is 27.7 Å². The molecular formula is C22H22N4O7S2. The molecule has 0 saturated heterocycles. The highest BCUT2D eigenvalue weighted by atomic mass is 32.2. The maximum atomic E-state index is 12.8. The first-order chi connectivity index (χ1) is 16.8. The molecule has 0 radical (unpaired) electrons. The van der Waals surface area contributed by atoms with Gasteiger partial charge in [-0.15, -0.1) is 11.3 Å². The topological polar surface area (TPSA) is 138 Å². The Morgan fingerprint density at radius 2 is 2.03 bits per heavy atom. The molecule has 1 N–H and O–H groups in total. The molecule has 184 valence electrons. The van der Waals surface area contributed by atoms with E-state index in [-0.39, 0.29) is 16.7 Å². The number of rotatable bonds is 7. The molecule has 13 heteroatoms. The minimum Gasteiger partial charge on any atom is -0.538 e. The Bertz CT molecular complexity index is 1270. The average molecular weight is 519 g/mol. The minimum absolute atomic E-state index is 0.0574. The first-order valence-electron chi connectivity index (χ1n) is 10.5. The number of carbonyl (C=O) groups excluding carboxylic acids is 3.